The van der Waals surface area contributed by atoms with Gasteiger partial charge in [-0.3, -0.25) is 14.9 Å². The first-order valence-corrected chi connectivity index (χ1v) is 6.87. The van der Waals surface area contributed by atoms with Crippen molar-refractivity contribution >= 4 is 23.2 Å². The van der Waals surface area contributed by atoms with Crippen molar-refractivity contribution in [1.29, 1.82) is 0 Å². The number of hydrogen-bond donors (Lipinski definition) is 1. The lowest BCUT2D eigenvalue weighted by atomic mass is 10.2. The molecule has 1 amide bonds. The molecular formula is C13H16ClN3O3. The Morgan fingerprint density at radius 3 is 2.75 bits per heavy atom. The molecule has 6 nitrogen and oxygen atoms in total. The topological polar surface area (TPSA) is 75.5 Å². The van der Waals surface area contributed by atoms with Gasteiger partial charge in [0, 0.05) is 25.7 Å². The molecule has 1 aromatic carbocycles. The highest BCUT2D eigenvalue weighted by molar-refractivity contribution is 6.31. The second-order valence-corrected chi connectivity index (χ2v) is 5.09. The third-order valence-corrected chi connectivity index (χ3v) is 3.68. The molecule has 1 saturated heterocycles. The van der Waals surface area contributed by atoms with Crippen LogP contribution in [0.1, 0.15) is 18.4 Å². The Bertz CT molecular complexity index is 516. The van der Waals surface area contributed by atoms with Gasteiger partial charge in [-0.05, 0) is 18.9 Å². The molecule has 0 saturated carbocycles. The number of carbonyl (C=O) groups is 1. The van der Waals surface area contributed by atoms with Gasteiger partial charge in [0.2, 0.25) is 5.91 Å². The van der Waals surface area contributed by atoms with Crippen molar-refractivity contribution in [2.24, 2.45) is 0 Å². The van der Waals surface area contributed by atoms with E-state index in [4.69, 9.17) is 11.6 Å². The minimum atomic E-state index is -0.467. The predicted molar refractivity (Wildman–Crippen MR) is 75.6 cm³/mol. The zero-order valence-corrected chi connectivity index (χ0v) is 11.7. The van der Waals surface area contributed by atoms with Crippen LogP contribution < -0.4 is 5.32 Å². The minimum absolute atomic E-state index is 0.0252. The van der Waals surface area contributed by atoms with E-state index >= 15 is 0 Å². The third kappa shape index (κ3) is 3.46. The number of halogens is 1. The van der Waals surface area contributed by atoms with Gasteiger partial charge >= 0.3 is 0 Å². The van der Waals surface area contributed by atoms with E-state index in [1.54, 1.807) is 17.0 Å². The Morgan fingerprint density at radius 2 is 2.10 bits per heavy atom. The van der Waals surface area contributed by atoms with Crippen molar-refractivity contribution in [3.05, 3.63) is 38.9 Å². The summed E-state index contributed by atoms with van der Waals surface area (Å²) in [5.41, 5.74) is 0.381. The van der Waals surface area contributed by atoms with E-state index in [0.717, 1.165) is 25.9 Å². The summed E-state index contributed by atoms with van der Waals surface area (Å²) in [6.45, 7) is 1.97. The molecule has 0 aromatic heterocycles. The van der Waals surface area contributed by atoms with E-state index in [1.165, 1.54) is 6.07 Å². The van der Waals surface area contributed by atoms with E-state index < -0.39 is 4.92 Å². The van der Waals surface area contributed by atoms with Gasteiger partial charge in [-0.25, -0.2) is 0 Å². The van der Waals surface area contributed by atoms with Crippen molar-refractivity contribution in [2.45, 2.75) is 19.4 Å². The van der Waals surface area contributed by atoms with Crippen LogP contribution in [0.15, 0.2) is 18.2 Å². The van der Waals surface area contributed by atoms with Gasteiger partial charge in [0.25, 0.3) is 5.69 Å². The number of amides is 1. The molecule has 1 fully saturated rings. The molecule has 0 bridgehead atoms. The molecule has 1 heterocycles. The second kappa shape index (κ2) is 6.67. The highest BCUT2D eigenvalue weighted by Crippen LogP contribution is 2.25. The fraction of sp³-hybridized carbons (Fsp3) is 0.462. The van der Waals surface area contributed by atoms with Crippen LogP contribution in [0.2, 0.25) is 5.02 Å². The Morgan fingerprint density at radius 1 is 1.40 bits per heavy atom. The molecule has 1 aliphatic rings. The number of benzene rings is 1. The van der Waals surface area contributed by atoms with Gasteiger partial charge in [0.05, 0.1) is 22.1 Å². The minimum Gasteiger partial charge on any atom is -0.342 e. The average molecular weight is 298 g/mol. The molecule has 0 spiro atoms. The summed E-state index contributed by atoms with van der Waals surface area (Å²) in [4.78, 5) is 24.1. The maximum atomic E-state index is 11.8. The Labute approximate surface area is 121 Å². The fourth-order valence-electron chi connectivity index (χ4n) is 2.27. The molecule has 1 N–H and O–H groups in total. The van der Waals surface area contributed by atoms with Crippen molar-refractivity contribution in [2.75, 3.05) is 19.6 Å². The van der Waals surface area contributed by atoms with Crippen LogP contribution >= 0.6 is 11.6 Å². The average Bonchev–Trinajstić information content (AvgIpc) is 2.94. The van der Waals surface area contributed by atoms with Gasteiger partial charge in [-0.2, -0.15) is 0 Å². The Balaban J connectivity index is 1.93. The van der Waals surface area contributed by atoms with Crippen molar-refractivity contribution < 1.29 is 9.72 Å². The molecule has 1 aromatic rings. The normalized spacial score (nSPS) is 14.6. The van der Waals surface area contributed by atoms with Crippen LogP contribution in [0.5, 0.6) is 0 Å². The highest BCUT2D eigenvalue weighted by Gasteiger charge is 2.19. The monoisotopic (exact) mass is 297 g/mol. The molecule has 0 unspecified atom stereocenters. The zero-order valence-electron chi connectivity index (χ0n) is 11.0. The summed E-state index contributed by atoms with van der Waals surface area (Å²) < 4.78 is 0. The lowest BCUT2D eigenvalue weighted by Gasteiger charge is -2.15. The molecule has 2 rings (SSSR count). The molecule has 0 atom stereocenters. The second-order valence-electron chi connectivity index (χ2n) is 4.69. The number of nitrogens with one attached hydrogen (secondary N) is 1. The first-order chi connectivity index (χ1) is 9.59. The number of nitro benzene ring substituents is 1. The maximum absolute atomic E-state index is 11.8. The molecule has 20 heavy (non-hydrogen) atoms. The van der Waals surface area contributed by atoms with Crippen molar-refractivity contribution in [3.63, 3.8) is 0 Å². The van der Waals surface area contributed by atoms with Crippen LogP contribution in [0.3, 0.4) is 0 Å². The van der Waals surface area contributed by atoms with Crippen molar-refractivity contribution in [3.8, 4) is 0 Å². The number of rotatable bonds is 5. The molecule has 108 valence electrons. The van der Waals surface area contributed by atoms with Crippen LogP contribution in [0.25, 0.3) is 0 Å². The van der Waals surface area contributed by atoms with E-state index in [-0.39, 0.29) is 24.7 Å². The summed E-state index contributed by atoms with van der Waals surface area (Å²) in [7, 11) is 0. The quantitative estimate of drug-likeness (QED) is 0.666. The third-order valence-electron chi connectivity index (χ3n) is 3.33. The summed E-state index contributed by atoms with van der Waals surface area (Å²) >= 11 is 5.98. The van der Waals surface area contributed by atoms with E-state index in [1.807, 2.05) is 0 Å². The van der Waals surface area contributed by atoms with Gasteiger partial charge in [0.1, 0.15) is 0 Å². The van der Waals surface area contributed by atoms with E-state index in [2.05, 4.69) is 5.32 Å². The summed E-state index contributed by atoms with van der Waals surface area (Å²) in [5, 5.41) is 14.2. The number of carbonyl (C=O) groups excluding carboxylic acids is 1. The fourth-order valence-corrected chi connectivity index (χ4v) is 2.50. The summed E-state index contributed by atoms with van der Waals surface area (Å²) in [5.74, 6) is 0.0252. The largest absolute Gasteiger partial charge is 0.342 e. The van der Waals surface area contributed by atoms with E-state index in [0.29, 0.717) is 10.6 Å². The van der Waals surface area contributed by atoms with Gasteiger partial charge in [-0.1, -0.05) is 17.7 Å². The summed E-state index contributed by atoms with van der Waals surface area (Å²) in [6, 6.07) is 4.55. The standard InChI is InChI=1S/C13H16ClN3O3/c14-11-4-3-5-12(17(19)20)10(11)8-15-9-13(18)16-6-1-2-7-16/h3-5,15H,1-2,6-9H2. The van der Waals surface area contributed by atoms with Crippen molar-refractivity contribution in [1.82, 2.24) is 10.2 Å². The Kier molecular flexibility index (Phi) is 4.92. The molecule has 7 heteroatoms. The van der Waals surface area contributed by atoms with Crippen LogP contribution in [0.4, 0.5) is 5.69 Å². The zero-order chi connectivity index (χ0) is 14.5. The number of likely N-dealkylation sites (tertiary alicyclic amines) is 1. The van der Waals surface area contributed by atoms with Gasteiger partial charge in [0.15, 0.2) is 0 Å². The molecular weight excluding hydrogens is 282 g/mol. The lowest BCUT2D eigenvalue weighted by molar-refractivity contribution is -0.385. The maximum Gasteiger partial charge on any atom is 0.275 e. The van der Waals surface area contributed by atoms with Crippen LogP contribution in [0, 0.1) is 10.1 Å². The molecule has 0 aliphatic carbocycles. The first kappa shape index (κ1) is 14.7. The molecule has 1 aliphatic heterocycles. The predicted octanol–water partition coefficient (Wildman–Crippen LogP) is 1.96. The Hall–Kier alpha value is -1.66. The lowest BCUT2D eigenvalue weighted by Crippen LogP contribution is -2.36. The number of nitrogens with zero attached hydrogens (tertiary/aromatic N) is 2. The highest BCUT2D eigenvalue weighted by atomic mass is 35.5. The van der Waals surface area contributed by atoms with Gasteiger partial charge < -0.3 is 10.2 Å². The SMILES string of the molecule is O=C(CNCc1c(Cl)cccc1[N+](=O)[O-])N1CCCC1. The van der Waals surface area contributed by atoms with Crippen LogP contribution in [-0.2, 0) is 11.3 Å². The van der Waals surface area contributed by atoms with Crippen LogP contribution in [-0.4, -0.2) is 35.4 Å². The summed E-state index contributed by atoms with van der Waals surface area (Å²) in [6.07, 6.45) is 2.09. The first-order valence-electron chi connectivity index (χ1n) is 6.50. The number of hydrogen-bond acceptors (Lipinski definition) is 4. The van der Waals surface area contributed by atoms with E-state index in [9.17, 15) is 14.9 Å². The smallest absolute Gasteiger partial charge is 0.275 e. The van der Waals surface area contributed by atoms with Gasteiger partial charge in [-0.15, -0.1) is 0 Å². The number of nitro groups is 1. The molecule has 0 radical (unpaired) electrons.